The molecule has 1 fully saturated rings. The molecular formula is C12H19NO2. The fraction of sp³-hybridized carbons (Fsp3) is 0.667. The average molecular weight is 209 g/mol. The number of rotatable bonds is 4. The summed E-state index contributed by atoms with van der Waals surface area (Å²) in [7, 11) is 0. The van der Waals surface area contributed by atoms with Crippen LogP contribution in [0.5, 0.6) is 0 Å². The number of nitrogens with one attached hydrogen (secondary N) is 1. The summed E-state index contributed by atoms with van der Waals surface area (Å²) in [6, 6.07) is 1.97. The zero-order valence-electron chi connectivity index (χ0n) is 9.20. The maximum absolute atomic E-state index is 9.64. The summed E-state index contributed by atoms with van der Waals surface area (Å²) in [5.74, 6) is 1.43. The van der Waals surface area contributed by atoms with E-state index < -0.39 is 0 Å². The number of aliphatic hydroxyl groups excluding tert-OH is 1. The highest BCUT2D eigenvalue weighted by Crippen LogP contribution is 2.24. The topological polar surface area (TPSA) is 45.4 Å². The fourth-order valence-corrected chi connectivity index (χ4v) is 2.21. The van der Waals surface area contributed by atoms with Crippen molar-refractivity contribution in [1.82, 2.24) is 5.32 Å². The smallest absolute Gasteiger partial charge is 0.120 e. The lowest BCUT2D eigenvalue weighted by Gasteiger charge is -2.14. The lowest BCUT2D eigenvalue weighted by molar-refractivity contribution is 0.131. The van der Waals surface area contributed by atoms with Gasteiger partial charge >= 0.3 is 0 Å². The van der Waals surface area contributed by atoms with Crippen molar-refractivity contribution in [2.24, 2.45) is 5.92 Å². The monoisotopic (exact) mass is 209 g/mol. The molecule has 0 spiro atoms. The van der Waals surface area contributed by atoms with Gasteiger partial charge in [0.05, 0.1) is 18.9 Å². The van der Waals surface area contributed by atoms with Crippen molar-refractivity contribution in [2.75, 3.05) is 6.54 Å². The Morgan fingerprint density at radius 3 is 3.00 bits per heavy atom. The summed E-state index contributed by atoms with van der Waals surface area (Å²) in [4.78, 5) is 0. The highest BCUT2D eigenvalue weighted by atomic mass is 16.3. The molecule has 1 aliphatic rings. The summed E-state index contributed by atoms with van der Waals surface area (Å²) in [5, 5.41) is 13.0. The molecule has 0 bridgehead atoms. The maximum Gasteiger partial charge on any atom is 0.120 e. The third-order valence-corrected chi connectivity index (χ3v) is 3.28. The van der Waals surface area contributed by atoms with E-state index in [1.54, 1.807) is 6.26 Å². The van der Waals surface area contributed by atoms with E-state index in [2.05, 4.69) is 5.32 Å². The molecule has 3 heteroatoms. The molecule has 2 N–H and O–H groups in total. The molecule has 1 aliphatic carbocycles. The van der Waals surface area contributed by atoms with Gasteiger partial charge in [0, 0.05) is 6.54 Å². The van der Waals surface area contributed by atoms with Crippen LogP contribution in [0.2, 0.25) is 0 Å². The van der Waals surface area contributed by atoms with Crippen LogP contribution in [-0.4, -0.2) is 17.8 Å². The molecule has 3 nitrogen and oxygen atoms in total. The minimum absolute atomic E-state index is 0.102. The van der Waals surface area contributed by atoms with Crippen LogP contribution >= 0.6 is 0 Å². The van der Waals surface area contributed by atoms with Crippen molar-refractivity contribution in [3.05, 3.63) is 23.7 Å². The van der Waals surface area contributed by atoms with E-state index in [-0.39, 0.29) is 6.10 Å². The normalized spacial score (nSPS) is 26.0. The third-order valence-electron chi connectivity index (χ3n) is 3.28. The first-order valence-corrected chi connectivity index (χ1v) is 5.69. The van der Waals surface area contributed by atoms with E-state index in [0.29, 0.717) is 5.92 Å². The Labute approximate surface area is 90.5 Å². The molecular weight excluding hydrogens is 190 g/mol. The zero-order valence-corrected chi connectivity index (χ0v) is 9.20. The van der Waals surface area contributed by atoms with Gasteiger partial charge < -0.3 is 14.8 Å². The number of aliphatic hydroxyl groups is 1. The average Bonchev–Trinajstić information content (AvgIpc) is 2.78. The van der Waals surface area contributed by atoms with Crippen molar-refractivity contribution < 1.29 is 9.52 Å². The van der Waals surface area contributed by atoms with Crippen LogP contribution in [0, 0.1) is 12.8 Å². The molecule has 0 radical (unpaired) electrons. The van der Waals surface area contributed by atoms with Crippen LogP contribution in [0.1, 0.15) is 30.6 Å². The number of hydrogen-bond acceptors (Lipinski definition) is 3. The number of aryl methyl sites for hydroxylation is 1. The second-order valence-corrected chi connectivity index (χ2v) is 4.42. The minimum Gasteiger partial charge on any atom is -0.468 e. The molecule has 84 valence electrons. The van der Waals surface area contributed by atoms with E-state index in [1.807, 2.05) is 13.0 Å². The summed E-state index contributed by atoms with van der Waals surface area (Å²) >= 11 is 0. The van der Waals surface area contributed by atoms with E-state index in [4.69, 9.17) is 4.42 Å². The van der Waals surface area contributed by atoms with Crippen molar-refractivity contribution in [3.8, 4) is 0 Å². The summed E-state index contributed by atoms with van der Waals surface area (Å²) < 4.78 is 5.33. The second kappa shape index (κ2) is 4.81. The lowest BCUT2D eigenvalue weighted by Crippen LogP contribution is -2.27. The van der Waals surface area contributed by atoms with Crippen molar-refractivity contribution in [1.29, 1.82) is 0 Å². The molecule has 1 aromatic heterocycles. The van der Waals surface area contributed by atoms with Gasteiger partial charge in [0.2, 0.25) is 0 Å². The first-order chi connectivity index (χ1) is 7.27. The van der Waals surface area contributed by atoms with E-state index in [9.17, 15) is 5.11 Å². The Kier molecular flexibility index (Phi) is 3.44. The van der Waals surface area contributed by atoms with Gasteiger partial charge in [0.25, 0.3) is 0 Å². The van der Waals surface area contributed by atoms with Crippen LogP contribution in [0.3, 0.4) is 0 Å². The molecule has 0 aromatic carbocycles. The highest BCUT2D eigenvalue weighted by molar-refractivity contribution is 5.14. The van der Waals surface area contributed by atoms with Gasteiger partial charge in [-0.2, -0.15) is 0 Å². The standard InChI is InChI=1S/C12H19NO2/c1-9-5-6-15-12(9)8-13-7-10-3-2-4-11(10)14/h5-6,10-11,13-14H,2-4,7-8H2,1H3. The molecule has 0 aliphatic heterocycles. The van der Waals surface area contributed by atoms with Gasteiger partial charge in [-0.25, -0.2) is 0 Å². The number of furan rings is 1. The molecule has 0 amide bonds. The molecule has 15 heavy (non-hydrogen) atoms. The first kappa shape index (κ1) is 10.7. The van der Waals surface area contributed by atoms with Gasteiger partial charge in [-0.15, -0.1) is 0 Å². The Hall–Kier alpha value is -0.800. The van der Waals surface area contributed by atoms with Crippen LogP contribution in [0.4, 0.5) is 0 Å². The predicted octanol–water partition coefficient (Wildman–Crippen LogP) is 1.84. The Bertz CT molecular complexity index is 308. The first-order valence-electron chi connectivity index (χ1n) is 5.69. The van der Waals surface area contributed by atoms with E-state index in [1.165, 1.54) is 5.56 Å². The summed E-state index contributed by atoms with van der Waals surface area (Å²) in [6.45, 7) is 3.70. The van der Waals surface area contributed by atoms with Crippen LogP contribution < -0.4 is 5.32 Å². The van der Waals surface area contributed by atoms with Gasteiger partial charge in [-0.3, -0.25) is 0 Å². The Morgan fingerprint density at radius 2 is 2.40 bits per heavy atom. The highest BCUT2D eigenvalue weighted by Gasteiger charge is 2.24. The largest absolute Gasteiger partial charge is 0.468 e. The summed E-state index contributed by atoms with van der Waals surface area (Å²) in [5.41, 5.74) is 1.19. The van der Waals surface area contributed by atoms with Gasteiger partial charge in [-0.05, 0) is 37.3 Å². The second-order valence-electron chi connectivity index (χ2n) is 4.42. The molecule has 2 atom stereocenters. The molecule has 1 aromatic rings. The molecule has 1 saturated carbocycles. The summed E-state index contributed by atoms with van der Waals surface area (Å²) in [6.07, 6.45) is 4.89. The van der Waals surface area contributed by atoms with E-state index >= 15 is 0 Å². The molecule has 0 saturated heterocycles. The molecule has 2 rings (SSSR count). The zero-order chi connectivity index (χ0) is 10.7. The lowest BCUT2D eigenvalue weighted by atomic mass is 10.1. The Balaban J connectivity index is 1.73. The maximum atomic E-state index is 9.64. The van der Waals surface area contributed by atoms with Gasteiger partial charge in [0.1, 0.15) is 5.76 Å². The van der Waals surface area contributed by atoms with Crippen molar-refractivity contribution in [3.63, 3.8) is 0 Å². The van der Waals surface area contributed by atoms with Crippen molar-refractivity contribution in [2.45, 2.75) is 38.8 Å². The number of hydrogen-bond donors (Lipinski definition) is 2. The van der Waals surface area contributed by atoms with Gasteiger partial charge in [0.15, 0.2) is 0 Å². The van der Waals surface area contributed by atoms with Crippen molar-refractivity contribution >= 4 is 0 Å². The van der Waals surface area contributed by atoms with Crippen LogP contribution in [0.15, 0.2) is 16.7 Å². The predicted molar refractivity (Wildman–Crippen MR) is 58.5 cm³/mol. The minimum atomic E-state index is -0.102. The van der Waals surface area contributed by atoms with E-state index in [0.717, 1.165) is 38.1 Å². The third kappa shape index (κ3) is 2.61. The quantitative estimate of drug-likeness (QED) is 0.795. The Morgan fingerprint density at radius 1 is 1.53 bits per heavy atom. The van der Waals surface area contributed by atoms with Crippen LogP contribution in [0.25, 0.3) is 0 Å². The van der Waals surface area contributed by atoms with Crippen LogP contribution in [-0.2, 0) is 6.54 Å². The fourth-order valence-electron chi connectivity index (χ4n) is 2.21. The SMILES string of the molecule is Cc1ccoc1CNCC1CCCC1O. The molecule has 2 unspecified atom stereocenters. The van der Waals surface area contributed by atoms with Gasteiger partial charge in [-0.1, -0.05) is 6.42 Å². The molecule has 1 heterocycles.